The zero-order valence-corrected chi connectivity index (χ0v) is 18.2. The van der Waals surface area contributed by atoms with E-state index in [-0.39, 0.29) is 0 Å². The molecule has 0 saturated heterocycles. The zero-order chi connectivity index (χ0) is 17.9. The first-order valence-electron chi connectivity index (χ1n) is 7.77. The van der Waals surface area contributed by atoms with Crippen LogP contribution in [0.1, 0.15) is 0 Å². The molecule has 1 nitrogen and oxygen atoms in total. The van der Waals surface area contributed by atoms with Crippen LogP contribution >= 0.6 is 40.9 Å². The van der Waals surface area contributed by atoms with Crippen LogP contribution in [0.15, 0.2) is 83.8 Å². The maximum atomic E-state index is 6.28. The topological polar surface area (TPSA) is 3.24 Å². The molecule has 3 aromatic carbocycles. The average Bonchev–Trinajstić information content (AvgIpc) is 2.63. The molecule has 0 fully saturated rings. The Balaban J connectivity index is 2.05. The van der Waals surface area contributed by atoms with Crippen molar-refractivity contribution in [1.29, 1.82) is 0 Å². The summed E-state index contributed by atoms with van der Waals surface area (Å²) in [5.41, 5.74) is 3.24. The predicted octanol–water partition coefficient (Wildman–Crippen LogP) is 6.21. The summed E-state index contributed by atoms with van der Waals surface area (Å²) in [4.78, 5) is 3.16. The van der Waals surface area contributed by atoms with Gasteiger partial charge in [0.25, 0.3) is 0 Å². The Morgan fingerprint density at radius 3 is 1.68 bits per heavy atom. The number of nitrogens with zero attached hydrogens (tertiary/aromatic N) is 1. The number of hydrogen-bond acceptors (Lipinski definition) is 1. The number of benzene rings is 3. The van der Waals surface area contributed by atoms with Crippen molar-refractivity contribution in [1.82, 2.24) is 0 Å². The van der Waals surface area contributed by atoms with Crippen molar-refractivity contribution in [3.63, 3.8) is 0 Å². The highest BCUT2D eigenvalue weighted by Crippen LogP contribution is 2.62. The van der Waals surface area contributed by atoms with Crippen LogP contribution in [-0.4, -0.2) is 15.1 Å². The number of halogens is 3. The molecule has 25 heavy (non-hydrogen) atoms. The molecular weight excluding hydrogens is 409 g/mol. The van der Waals surface area contributed by atoms with E-state index in [1.165, 1.54) is 5.19 Å². The molecular formula is C19H18Cl3NSSi. The summed E-state index contributed by atoms with van der Waals surface area (Å²) < 4.78 is 0. The molecule has 0 amide bonds. The molecule has 0 aliphatic heterocycles. The Morgan fingerprint density at radius 2 is 1.20 bits per heavy atom. The van der Waals surface area contributed by atoms with E-state index in [0.29, 0.717) is 0 Å². The van der Waals surface area contributed by atoms with Crippen LogP contribution in [-0.2, 0) is 0 Å². The lowest BCUT2D eigenvalue weighted by Crippen LogP contribution is -2.13. The van der Waals surface area contributed by atoms with E-state index >= 15 is 0 Å². The minimum absolute atomic E-state index is 0.669. The van der Waals surface area contributed by atoms with Crippen LogP contribution in [0.5, 0.6) is 0 Å². The minimum Gasteiger partial charge on any atom is -0.311 e. The van der Waals surface area contributed by atoms with Crippen molar-refractivity contribution in [2.45, 2.75) is 4.90 Å². The van der Waals surface area contributed by atoms with Crippen molar-refractivity contribution < 1.29 is 0 Å². The molecule has 3 aromatic rings. The normalized spacial score (nSPS) is 12.5. The summed E-state index contributed by atoms with van der Waals surface area (Å²) in [6, 6.07) is 26.8. The number of hydrogen-bond donors (Lipinski definition) is 0. The van der Waals surface area contributed by atoms with E-state index in [1.54, 1.807) is 0 Å². The number of anilines is 3. The fraction of sp³-hybridized carbons (Fsp3) is 0.0526. The van der Waals surface area contributed by atoms with Crippen LogP contribution in [0.3, 0.4) is 0 Å². The van der Waals surface area contributed by atoms with Gasteiger partial charge in [0.2, 0.25) is 0 Å². The fourth-order valence-corrected chi connectivity index (χ4v) is 4.77. The Labute approximate surface area is 166 Å². The number of para-hydroxylation sites is 1. The highest BCUT2D eigenvalue weighted by atomic mass is 36.0. The van der Waals surface area contributed by atoms with Gasteiger partial charge in [0.1, 0.15) is 0 Å². The standard InChI is InChI=1S/C19H18Cl3NSSi/c1-24(20,21)18-11-7-16(8-12-18)23(15-5-3-2-4-6-15)17-9-13-19(25-22)14-10-17/h2-14H,25H2,1H3. The Bertz CT molecular complexity index is 818. The van der Waals surface area contributed by atoms with Crippen LogP contribution in [0.2, 0.25) is 0 Å². The van der Waals surface area contributed by atoms with Crippen LogP contribution in [0.4, 0.5) is 17.1 Å². The predicted molar refractivity (Wildman–Crippen MR) is 119 cm³/mol. The zero-order valence-electron chi connectivity index (χ0n) is 13.7. The third-order valence-electron chi connectivity index (χ3n) is 3.87. The summed E-state index contributed by atoms with van der Waals surface area (Å²) in [5.74, 6) is 0. The highest BCUT2D eigenvalue weighted by molar-refractivity contribution is 8.65. The third-order valence-corrected chi connectivity index (χ3v) is 7.75. The van der Waals surface area contributed by atoms with E-state index in [4.69, 9.17) is 32.4 Å². The minimum atomic E-state index is -1.77. The highest BCUT2D eigenvalue weighted by Gasteiger charge is 2.16. The van der Waals surface area contributed by atoms with Crippen molar-refractivity contribution in [3.05, 3.63) is 78.9 Å². The van der Waals surface area contributed by atoms with Crippen molar-refractivity contribution in [2.75, 3.05) is 11.2 Å². The fourth-order valence-electron chi connectivity index (χ4n) is 2.59. The molecule has 0 aliphatic rings. The van der Waals surface area contributed by atoms with Crippen LogP contribution < -0.4 is 10.1 Å². The van der Waals surface area contributed by atoms with Gasteiger partial charge in [0.15, 0.2) is 8.83 Å². The van der Waals surface area contributed by atoms with Crippen LogP contribution in [0, 0.1) is 0 Å². The summed E-state index contributed by atoms with van der Waals surface area (Å²) in [7, 11) is 10.1. The molecule has 0 aliphatic carbocycles. The second kappa shape index (κ2) is 8.06. The van der Waals surface area contributed by atoms with Crippen molar-refractivity contribution in [2.24, 2.45) is 0 Å². The van der Waals surface area contributed by atoms with Gasteiger partial charge < -0.3 is 4.90 Å². The molecule has 0 unspecified atom stereocenters. The van der Waals surface area contributed by atoms with Gasteiger partial charge >= 0.3 is 0 Å². The first-order chi connectivity index (χ1) is 12.0. The van der Waals surface area contributed by atoms with Crippen molar-refractivity contribution >= 4 is 72.0 Å². The van der Waals surface area contributed by atoms with Gasteiger partial charge in [-0.3, -0.25) is 0 Å². The largest absolute Gasteiger partial charge is 0.311 e. The second-order valence-corrected chi connectivity index (χ2v) is 13.7. The molecule has 3 rings (SSSR count). The Kier molecular flexibility index (Phi) is 6.03. The smallest absolute Gasteiger partial charge is 0.155 e. The summed E-state index contributed by atoms with van der Waals surface area (Å²) in [6.45, 7) is 0. The Morgan fingerprint density at radius 1 is 0.720 bits per heavy atom. The quantitative estimate of drug-likeness (QED) is 0.346. The molecule has 0 heterocycles. The van der Waals surface area contributed by atoms with Gasteiger partial charge in [0, 0.05) is 22.0 Å². The van der Waals surface area contributed by atoms with E-state index in [2.05, 4.69) is 53.4 Å². The number of rotatable bonds is 5. The SMILES string of the molecule is CS(Cl)(Cl)c1ccc(N(c2ccccc2)c2ccc([SiH2]Cl)cc2)cc1. The molecule has 0 spiro atoms. The maximum Gasteiger partial charge on any atom is 0.155 e. The molecule has 0 bridgehead atoms. The van der Waals surface area contributed by atoms with Gasteiger partial charge in [-0.25, -0.2) is 0 Å². The Hall–Kier alpha value is -1.10. The van der Waals surface area contributed by atoms with Crippen molar-refractivity contribution in [3.8, 4) is 0 Å². The molecule has 0 atom stereocenters. The van der Waals surface area contributed by atoms with E-state index in [9.17, 15) is 0 Å². The molecule has 130 valence electrons. The van der Waals surface area contributed by atoms with Crippen LogP contribution in [0.25, 0.3) is 0 Å². The van der Waals surface area contributed by atoms with Gasteiger partial charge in [-0.15, -0.1) is 0 Å². The monoisotopic (exact) mass is 425 g/mol. The van der Waals surface area contributed by atoms with E-state index < -0.39 is 17.3 Å². The molecule has 0 aromatic heterocycles. The summed E-state index contributed by atoms with van der Waals surface area (Å²) in [6.07, 6.45) is 1.86. The van der Waals surface area contributed by atoms with Gasteiger partial charge in [-0.2, -0.15) is 11.1 Å². The summed E-state index contributed by atoms with van der Waals surface area (Å²) >= 11 is 6.06. The van der Waals surface area contributed by atoms with E-state index in [0.717, 1.165) is 22.0 Å². The first kappa shape index (κ1) is 18.7. The maximum absolute atomic E-state index is 6.28. The van der Waals surface area contributed by atoms with Gasteiger partial charge in [-0.05, 0) is 81.3 Å². The molecule has 6 heteroatoms. The lowest BCUT2D eigenvalue weighted by molar-refractivity contribution is 1.27. The lowest BCUT2D eigenvalue weighted by atomic mass is 10.2. The second-order valence-electron chi connectivity index (χ2n) is 5.69. The molecule has 0 N–H and O–H groups in total. The first-order valence-corrected chi connectivity index (χ1v) is 14.3. The average molecular weight is 427 g/mol. The molecule has 0 saturated carbocycles. The van der Waals surface area contributed by atoms with E-state index in [1.807, 2.05) is 36.6 Å². The van der Waals surface area contributed by atoms with Gasteiger partial charge in [-0.1, -0.05) is 38.8 Å². The van der Waals surface area contributed by atoms with Gasteiger partial charge in [0.05, 0.1) is 0 Å². The lowest BCUT2D eigenvalue weighted by Gasteiger charge is -2.27. The summed E-state index contributed by atoms with van der Waals surface area (Å²) in [5, 5.41) is 1.23. The molecule has 0 radical (unpaired) electrons. The third kappa shape index (κ3) is 4.55.